The average molecular weight is 289 g/mol. The molecule has 0 unspecified atom stereocenters. The van der Waals surface area contributed by atoms with Gasteiger partial charge in [0, 0.05) is 12.1 Å². The number of aromatic nitrogens is 1. The molecule has 0 atom stereocenters. The monoisotopic (exact) mass is 289 g/mol. The van der Waals surface area contributed by atoms with E-state index in [0.29, 0.717) is 0 Å². The molecule has 0 aliphatic rings. The van der Waals surface area contributed by atoms with Gasteiger partial charge in [-0.15, -0.1) is 0 Å². The fourth-order valence-electron chi connectivity index (χ4n) is 1.46. The Morgan fingerprint density at radius 3 is 2.58 bits per heavy atom. The molecule has 0 aliphatic carbocycles. The van der Waals surface area contributed by atoms with Gasteiger partial charge in [-0.1, -0.05) is 6.07 Å². The zero-order valence-corrected chi connectivity index (χ0v) is 11.7. The molecule has 0 saturated carbocycles. The van der Waals surface area contributed by atoms with Crippen molar-refractivity contribution in [2.75, 3.05) is 12.8 Å². The van der Waals surface area contributed by atoms with E-state index in [1.807, 2.05) is 0 Å². The Kier molecular flexibility index (Phi) is 4.59. The molecule has 1 heterocycles. The first kappa shape index (κ1) is 15.5. The number of nitrogens with one attached hydrogen (secondary N) is 2. The number of carbonyl (C=O) groups excluding carboxylic acids is 1. The highest BCUT2D eigenvalue weighted by atomic mass is 32.2. The summed E-state index contributed by atoms with van der Waals surface area (Å²) < 4.78 is 37.5. The van der Waals surface area contributed by atoms with Gasteiger partial charge in [0.15, 0.2) is 0 Å². The summed E-state index contributed by atoms with van der Waals surface area (Å²) in [5, 5.41) is 2.49. The van der Waals surface area contributed by atoms with Crippen molar-refractivity contribution in [3.63, 3.8) is 0 Å². The van der Waals surface area contributed by atoms with Crippen molar-refractivity contribution in [3.8, 4) is 0 Å². The van der Waals surface area contributed by atoms with Crippen LogP contribution in [-0.2, 0) is 10.0 Å². The van der Waals surface area contributed by atoms with Gasteiger partial charge in [0.2, 0.25) is 16.0 Å². The number of sulfonamides is 1. The Hall–Kier alpha value is -1.54. The van der Waals surface area contributed by atoms with Crippen LogP contribution in [0.2, 0.25) is 0 Å². The molecule has 19 heavy (non-hydrogen) atoms. The van der Waals surface area contributed by atoms with Crippen molar-refractivity contribution in [2.24, 2.45) is 0 Å². The van der Waals surface area contributed by atoms with E-state index in [2.05, 4.69) is 15.0 Å². The maximum Gasteiger partial charge on any atom is 0.270 e. The second kappa shape index (κ2) is 5.62. The standard InChI is InChI=1S/C11H16FN3O3S/c1-11(2,15-19(3,17)18)7-13-10(16)8-5-4-6-9(12)14-8/h4-6,15H,7H2,1-3H3,(H,13,16). The van der Waals surface area contributed by atoms with Gasteiger partial charge in [0.1, 0.15) is 5.69 Å². The smallest absolute Gasteiger partial charge is 0.270 e. The Morgan fingerprint density at radius 1 is 1.42 bits per heavy atom. The van der Waals surface area contributed by atoms with Gasteiger partial charge >= 0.3 is 0 Å². The van der Waals surface area contributed by atoms with Crippen LogP contribution in [0.1, 0.15) is 24.3 Å². The second-order valence-corrected chi connectivity index (χ2v) is 6.53. The van der Waals surface area contributed by atoms with E-state index in [-0.39, 0.29) is 12.2 Å². The zero-order chi connectivity index (χ0) is 14.7. The maximum atomic E-state index is 12.8. The highest BCUT2D eigenvalue weighted by molar-refractivity contribution is 7.88. The average Bonchev–Trinajstić information content (AvgIpc) is 2.22. The summed E-state index contributed by atoms with van der Waals surface area (Å²) in [5.41, 5.74) is -0.911. The van der Waals surface area contributed by atoms with Gasteiger partial charge in [-0.3, -0.25) is 4.79 Å². The van der Waals surface area contributed by atoms with Crippen LogP contribution in [0.4, 0.5) is 4.39 Å². The summed E-state index contributed by atoms with van der Waals surface area (Å²) in [6, 6.07) is 3.87. The van der Waals surface area contributed by atoms with Gasteiger partial charge in [0.05, 0.1) is 6.26 Å². The topological polar surface area (TPSA) is 88.2 Å². The molecule has 1 amide bonds. The Balaban J connectivity index is 2.64. The zero-order valence-electron chi connectivity index (χ0n) is 10.9. The normalized spacial score (nSPS) is 12.2. The Morgan fingerprint density at radius 2 is 2.05 bits per heavy atom. The minimum atomic E-state index is -3.38. The van der Waals surface area contributed by atoms with Crippen LogP contribution in [-0.4, -0.2) is 37.6 Å². The van der Waals surface area contributed by atoms with E-state index in [0.717, 1.165) is 12.3 Å². The van der Waals surface area contributed by atoms with Crippen LogP contribution in [0.15, 0.2) is 18.2 Å². The molecular formula is C11H16FN3O3S. The Bertz CT molecular complexity index is 572. The van der Waals surface area contributed by atoms with E-state index >= 15 is 0 Å². The Labute approximate surface area is 111 Å². The third kappa shape index (κ3) is 5.75. The largest absolute Gasteiger partial charge is 0.349 e. The number of halogens is 1. The number of pyridine rings is 1. The van der Waals surface area contributed by atoms with E-state index in [1.54, 1.807) is 13.8 Å². The fraction of sp³-hybridized carbons (Fsp3) is 0.455. The molecule has 0 aliphatic heterocycles. The molecule has 6 nitrogen and oxygen atoms in total. The lowest BCUT2D eigenvalue weighted by molar-refractivity contribution is 0.0938. The van der Waals surface area contributed by atoms with E-state index in [9.17, 15) is 17.6 Å². The molecule has 0 spiro atoms. The summed E-state index contributed by atoms with van der Waals surface area (Å²) in [5.74, 6) is -1.32. The third-order valence-corrected chi connectivity index (χ3v) is 3.02. The predicted molar refractivity (Wildman–Crippen MR) is 68.6 cm³/mol. The van der Waals surface area contributed by atoms with Gasteiger partial charge in [-0.2, -0.15) is 4.39 Å². The lowest BCUT2D eigenvalue weighted by Crippen LogP contribution is -2.51. The quantitative estimate of drug-likeness (QED) is 0.762. The highest BCUT2D eigenvalue weighted by Gasteiger charge is 2.23. The summed E-state index contributed by atoms with van der Waals surface area (Å²) in [6.07, 6.45) is 1.03. The van der Waals surface area contributed by atoms with E-state index < -0.39 is 27.4 Å². The fourth-order valence-corrected chi connectivity index (χ4v) is 2.54. The minimum absolute atomic E-state index is 0.0527. The number of nitrogens with zero attached hydrogens (tertiary/aromatic N) is 1. The molecule has 8 heteroatoms. The van der Waals surface area contributed by atoms with Crippen molar-refractivity contribution in [3.05, 3.63) is 29.8 Å². The van der Waals surface area contributed by atoms with Crippen LogP contribution < -0.4 is 10.0 Å². The van der Waals surface area contributed by atoms with Crippen LogP contribution in [0.3, 0.4) is 0 Å². The van der Waals surface area contributed by atoms with Gasteiger partial charge in [0.25, 0.3) is 5.91 Å². The predicted octanol–water partition coefficient (Wildman–Crippen LogP) is 0.278. The molecule has 0 fully saturated rings. The van der Waals surface area contributed by atoms with Crippen molar-refractivity contribution >= 4 is 15.9 Å². The first-order valence-electron chi connectivity index (χ1n) is 5.49. The molecule has 0 aromatic carbocycles. The van der Waals surface area contributed by atoms with E-state index in [1.165, 1.54) is 12.1 Å². The number of hydrogen-bond donors (Lipinski definition) is 2. The van der Waals surface area contributed by atoms with Crippen LogP contribution in [0, 0.1) is 5.95 Å². The molecular weight excluding hydrogens is 273 g/mol. The molecule has 0 saturated heterocycles. The third-order valence-electron chi connectivity index (χ3n) is 2.10. The highest BCUT2D eigenvalue weighted by Crippen LogP contribution is 2.03. The van der Waals surface area contributed by atoms with Crippen LogP contribution in [0.25, 0.3) is 0 Å². The first-order chi connectivity index (χ1) is 8.59. The van der Waals surface area contributed by atoms with Gasteiger partial charge in [-0.25, -0.2) is 18.1 Å². The number of carbonyl (C=O) groups is 1. The van der Waals surface area contributed by atoms with Gasteiger partial charge < -0.3 is 5.32 Å². The SMILES string of the molecule is CC(C)(CNC(=O)c1cccc(F)n1)NS(C)(=O)=O. The second-order valence-electron chi connectivity index (χ2n) is 4.79. The maximum absolute atomic E-state index is 12.8. The molecule has 0 radical (unpaired) electrons. The first-order valence-corrected chi connectivity index (χ1v) is 7.38. The number of amides is 1. The van der Waals surface area contributed by atoms with Crippen molar-refractivity contribution in [1.82, 2.24) is 15.0 Å². The van der Waals surface area contributed by atoms with Crippen LogP contribution in [0.5, 0.6) is 0 Å². The number of rotatable bonds is 5. The van der Waals surface area contributed by atoms with Gasteiger partial charge in [-0.05, 0) is 26.0 Å². The molecule has 2 N–H and O–H groups in total. The lowest BCUT2D eigenvalue weighted by atomic mass is 10.1. The minimum Gasteiger partial charge on any atom is -0.349 e. The summed E-state index contributed by atoms with van der Waals surface area (Å²) in [6.45, 7) is 3.29. The van der Waals surface area contributed by atoms with E-state index in [4.69, 9.17) is 0 Å². The molecule has 1 aromatic heterocycles. The van der Waals surface area contributed by atoms with Crippen molar-refractivity contribution < 1.29 is 17.6 Å². The van der Waals surface area contributed by atoms with Crippen molar-refractivity contribution in [1.29, 1.82) is 0 Å². The van der Waals surface area contributed by atoms with Crippen molar-refractivity contribution in [2.45, 2.75) is 19.4 Å². The molecule has 0 bridgehead atoms. The summed E-state index contributed by atoms with van der Waals surface area (Å²) >= 11 is 0. The molecule has 1 rings (SSSR count). The molecule has 106 valence electrons. The lowest BCUT2D eigenvalue weighted by Gasteiger charge is -2.25. The summed E-state index contributed by atoms with van der Waals surface area (Å²) in [4.78, 5) is 15.1. The number of hydrogen-bond acceptors (Lipinski definition) is 4. The summed E-state index contributed by atoms with van der Waals surface area (Å²) in [7, 11) is -3.38. The molecule has 1 aromatic rings. The van der Waals surface area contributed by atoms with Crippen LogP contribution >= 0.6 is 0 Å².